The highest BCUT2D eigenvalue weighted by atomic mass is 35.5. The summed E-state index contributed by atoms with van der Waals surface area (Å²) in [5.74, 6) is 7.29. The maximum atomic E-state index is 6.16. The summed E-state index contributed by atoms with van der Waals surface area (Å²) in [5.41, 5.74) is 2.21. The molecule has 0 amide bonds. The van der Waals surface area contributed by atoms with Crippen molar-refractivity contribution in [2.75, 3.05) is 6.61 Å². The fraction of sp³-hybridized carbons (Fsp3) is 0.500. The van der Waals surface area contributed by atoms with E-state index in [0.717, 1.165) is 47.6 Å². The minimum atomic E-state index is 0.676. The van der Waals surface area contributed by atoms with E-state index in [9.17, 15) is 0 Å². The van der Waals surface area contributed by atoms with Crippen LogP contribution in [0.5, 0.6) is 5.75 Å². The van der Waals surface area contributed by atoms with Gasteiger partial charge in [0.25, 0.3) is 0 Å². The molecule has 1 aromatic rings. The monoisotopic (exact) mass is 264 g/mol. The highest BCUT2D eigenvalue weighted by Crippen LogP contribution is 2.27. The predicted molar refractivity (Wildman–Crippen MR) is 78.4 cm³/mol. The molecule has 0 aliphatic heterocycles. The zero-order valence-corrected chi connectivity index (χ0v) is 12.2. The average molecular weight is 265 g/mol. The Morgan fingerprint density at radius 1 is 1.17 bits per heavy atom. The van der Waals surface area contributed by atoms with E-state index in [1.807, 2.05) is 26.0 Å². The van der Waals surface area contributed by atoms with Gasteiger partial charge in [0.1, 0.15) is 5.75 Å². The van der Waals surface area contributed by atoms with E-state index in [1.54, 1.807) is 0 Å². The number of ether oxygens (including phenoxy) is 1. The molecule has 0 bridgehead atoms. The molecule has 2 heteroatoms. The standard InChI is InChI=1S/C16H21ClO/c1-4-6-7-8-9-10-14-12-15(17)13(3)11-16(14)18-5-2/h11-12H,4-6,9-10H2,1-3H3. The third-order valence-electron chi connectivity index (χ3n) is 2.66. The van der Waals surface area contributed by atoms with Crippen molar-refractivity contribution in [3.05, 3.63) is 28.3 Å². The molecular formula is C16H21ClO. The van der Waals surface area contributed by atoms with E-state index in [0.29, 0.717) is 6.61 Å². The molecular weight excluding hydrogens is 244 g/mol. The Balaban J connectivity index is 2.74. The SMILES string of the molecule is CCCC#CCCc1cc(Cl)c(C)cc1OCC. The Morgan fingerprint density at radius 2 is 1.89 bits per heavy atom. The van der Waals surface area contributed by atoms with Crippen molar-refractivity contribution < 1.29 is 4.74 Å². The summed E-state index contributed by atoms with van der Waals surface area (Å²) in [6.45, 7) is 6.81. The molecule has 18 heavy (non-hydrogen) atoms. The van der Waals surface area contributed by atoms with Crippen LogP contribution < -0.4 is 4.74 Å². The van der Waals surface area contributed by atoms with Gasteiger partial charge in [-0.1, -0.05) is 18.5 Å². The third kappa shape index (κ3) is 4.63. The highest BCUT2D eigenvalue weighted by Gasteiger charge is 2.06. The van der Waals surface area contributed by atoms with Gasteiger partial charge in [-0.05, 0) is 49.9 Å². The van der Waals surface area contributed by atoms with Crippen LogP contribution in [0.15, 0.2) is 12.1 Å². The number of benzene rings is 1. The summed E-state index contributed by atoms with van der Waals surface area (Å²) in [4.78, 5) is 0. The first-order valence-electron chi connectivity index (χ1n) is 6.56. The van der Waals surface area contributed by atoms with Crippen LogP contribution in [0.3, 0.4) is 0 Å². The van der Waals surface area contributed by atoms with E-state index in [4.69, 9.17) is 16.3 Å². The number of hydrogen-bond donors (Lipinski definition) is 0. The number of aryl methyl sites for hydroxylation is 2. The third-order valence-corrected chi connectivity index (χ3v) is 3.07. The van der Waals surface area contributed by atoms with Crippen molar-refractivity contribution in [2.24, 2.45) is 0 Å². The minimum Gasteiger partial charge on any atom is -0.494 e. The molecule has 0 aliphatic rings. The normalized spacial score (nSPS) is 9.78. The van der Waals surface area contributed by atoms with Crippen molar-refractivity contribution in [2.45, 2.75) is 46.5 Å². The molecule has 0 fully saturated rings. The zero-order valence-electron chi connectivity index (χ0n) is 11.5. The molecule has 0 N–H and O–H groups in total. The van der Waals surface area contributed by atoms with Gasteiger partial charge in [0.05, 0.1) is 6.61 Å². The van der Waals surface area contributed by atoms with Crippen LogP contribution in [0.25, 0.3) is 0 Å². The van der Waals surface area contributed by atoms with Crippen LogP contribution in [0, 0.1) is 18.8 Å². The fourth-order valence-corrected chi connectivity index (χ4v) is 1.87. The first-order valence-corrected chi connectivity index (χ1v) is 6.94. The lowest BCUT2D eigenvalue weighted by Crippen LogP contribution is -1.98. The van der Waals surface area contributed by atoms with Crippen LogP contribution in [-0.2, 0) is 6.42 Å². The van der Waals surface area contributed by atoms with Crippen molar-refractivity contribution in [3.63, 3.8) is 0 Å². The van der Waals surface area contributed by atoms with Gasteiger partial charge in [0.15, 0.2) is 0 Å². The molecule has 0 aromatic heterocycles. The molecule has 0 aliphatic carbocycles. The summed E-state index contributed by atoms with van der Waals surface area (Å²) >= 11 is 6.16. The summed E-state index contributed by atoms with van der Waals surface area (Å²) in [6, 6.07) is 4.02. The van der Waals surface area contributed by atoms with E-state index >= 15 is 0 Å². The first-order chi connectivity index (χ1) is 8.69. The lowest BCUT2D eigenvalue weighted by atomic mass is 10.1. The lowest BCUT2D eigenvalue weighted by Gasteiger charge is -2.11. The van der Waals surface area contributed by atoms with Crippen LogP contribution in [0.2, 0.25) is 5.02 Å². The maximum absolute atomic E-state index is 6.16. The van der Waals surface area contributed by atoms with Gasteiger partial charge >= 0.3 is 0 Å². The van der Waals surface area contributed by atoms with Gasteiger partial charge in [0, 0.05) is 17.9 Å². The zero-order chi connectivity index (χ0) is 13.4. The second-order valence-electron chi connectivity index (χ2n) is 4.25. The number of halogens is 1. The Kier molecular flexibility index (Phi) is 6.68. The second kappa shape index (κ2) is 8.06. The Bertz CT molecular complexity index is 440. The Labute approximate surface area is 115 Å². The molecule has 98 valence electrons. The fourth-order valence-electron chi connectivity index (χ4n) is 1.68. The summed E-state index contributed by atoms with van der Waals surface area (Å²) in [7, 11) is 0. The number of hydrogen-bond acceptors (Lipinski definition) is 1. The van der Waals surface area contributed by atoms with Crippen LogP contribution in [0.4, 0.5) is 0 Å². The first kappa shape index (κ1) is 14.9. The average Bonchev–Trinajstić information content (AvgIpc) is 2.35. The van der Waals surface area contributed by atoms with Gasteiger partial charge in [-0.15, -0.1) is 11.8 Å². The largest absolute Gasteiger partial charge is 0.494 e. The van der Waals surface area contributed by atoms with Gasteiger partial charge in [-0.25, -0.2) is 0 Å². The summed E-state index contributed by atoms with van der Waals surface area (Å²) in [5, 5.41) is 0.801. The summed E-state index contributed by atoms with van der Waals surface area (Å²) < 4.78 is 5.64. The molecule has 0 atom stereocenters. The predicted octanol–water partition coefficient (Wildman–Crippen LogP) is 4.78. The number of rotatable bonds is 5. The van der Waals surface area contributed by atoms with Crippen molar-refractivity contribution in [1.29, 1.82) is 0 Å². The summed E-state index contributed by atoms with van der Waals surface area (Å²) in [6.07, 6.45) is 3.85. The van der Waals surface area contributed by atoms with E-state index in [1.165, 1.54) is 0 Å². The molecule has 0 spiro atoms. The van der Waals surface area contributed by atoms with E-state index < -0.39 is 0 Å². The lowest BCUT2D eigenvalue weighted by molar-refractivity contribution is 0.336. The molecule has 1 nitrogen and oxygen atoms in total. The molecule has 0 saturated carbocycles. The Hall–Kier alpha value is -1.13. The smallest absolute Gasteiger partial charge is 0.122 e. The number of unbranched alkanes of at least 4 members (excludes halogenated alkanes) is 1. The van der Waals surface area contributed by atoms with E-state index in [-0.39, 0.29) is 0 Å². The minimum absolute atomic E-state index is 0.676. The van der Waals surface area contributed by atoms with Crippen LogP contribution in [-0.4, -0.2) is 6.61 Å². The van der Waals surface area contributed by atoms with Gasteiger partial charge in [-0.3, -0.25) is 0 Å². The van der Waals surface area contributed by atoms with Crippen molar-refractivity contribution >= 4 is 11.6 Å². The molecule has 1 aromatic carbocycles. The molecule has 0 heterocycles. The molecule has 0 radical (unpaired) electrons. The van der Waals surface area contributed by atoms with Crippen LogP contribution in [0.1, 0.15) is 44.2 Å². The van der Waals surface area contributed by atoms with Gasteiger partial charge in [0.2, 0.25) is 0 Å². The Morgan fingerprint density at radius 3 is 2.56 bits per heavy atom. The maximum Gasteiger partial charge on any atom is 0.122 e. The van der Waals surface area contributed by atoms with Gasteiger partial charge in [-0.2, -0.15) is 0 Å². The topological polar surface area (TPSA) is 9.23 Å². The van der Waals surface area contributed by atoms with Crippen LogP contribution >= 0.6 is 11.6 Å². The molecule has 0 saturated heterocycles. The quantitative estimate of drug-likeness (QED) is 0.695. The molecule has 1 rings (SSSR count). The van der Waals surface area contributed by atoms with Crippen molar-refractivity contribution in [1.82, 2.24) is 0 Å². The highest BCUT2D eigenvalue weighted by molar-refractivity contribution is 6.31. The molecule has 0 unspecified atom stereocenters. The van der Waals surface area contributed by atoms with Crippen molar-refractivity contribution in [3.8, 4) is 17.6 Å². The van der Waals surface area contributed by atoms with E-state index in [2.05, 4.69) is 18.8 Å². The second-order valence-corrected chi connectivity index (χ2v) is 4.65. The van der Waals surface area contributed by atoms with Gasteiger partial charge < -0.3 is 4.74 Å².